The molecule has 4 rings (SSSR count). The number of benzene rings is 2. The van der Waals surface area contributed by atoms with Crippen LogP contribution in [0.3, 0.4) is 0 Å². The number of aryl methyl sites for hydroxylation is 2. The normalized spacial score (nSPS) is 25.4. The molecule has 2 aliphatic rings. The van der Waals surface area contributed by atoms with Crippen molar-refractivity contribution in [2.45, 2.75) is 103 Å². The molecule has 0 fully saturated rings. The molecule has 6 atom stereocenters. The standard InChI is InChI=1S/C21H30O5.C21H28O5/c2*1-15-7-4-5-9-17-10-6-8-16(2)20(17)21(23)26-18(11-12-22)13-19(15)25-14-24-3/h4-6,8,10,15,18-19,22H,7,9,11-14H2,1-3H3;4-6,8,10,12,15,18-19H,7,9,11,13-14H2,1-3H3/b2*5-4+/t2*15-,18?,19+/m00/s1. The predicted molar refractivity (Wildman–Crippen MR) is 199 cm³/mol. The number of aliphatic hydroxyl groups is 1. The van der Waals surface area contributed by atoms with Crippen molar-refractivity contribution in [2.75, 3.05) is 34.4 Å². The molecule has 0 aliphatic carbocycles. The van der Waals surface area contributed by atoms with Gasteiger partial charge in [0.1, 0.15) is 32.1 Å². The highest BCUT2D eigenvalue weighted by Gasteiger charge is 2.28. The highest BCUT2D eigenvalue weighted by molar-refractivity contribution is 5.93. The van der Waals surface area contributed by atoms with Crippen LogP contribution in [0.1, 0.15) is 95.3 Å². The van der Waals surface area contributed by atoms with Gasteiger partial charge in [0.25, 0.3) is 0 Å². The van der Waals surface area contributed by atoms with Crippen molar-refractivity contribution in [2.24, 2.45) is 11.8 Å². The van der Waals surface area contributed by atoms with E-state index in [2.05, 4.69) is 38.2 Å². The summed E-state index contributed by atoms with van der Waals surface area (Å²) in [5.74, 6) is -0.246. The number of allylic oxidation sites excluding steroid dienone is 4. The van der Waals surface area contributed by atoms with E-state index in [0.29, 0.717) is 43.2 Å². The minimum Gasteiger partial charge on any atom is -0.459 e. The molecule has 0 radical (unpaired) electrons. The van der Waals surface area contributed by atoms with Crippen LogP contribution < -0.4 is 0 Å². The monoisotopic (exact) mass is 722 g/mol. The SMILES string of the molecule is COCO[C@@H]1CC(CC=O)OC(=O)c2c(C)cccc2C/C=C/C[C@@H]1C.COCO[C@@H]1CC(CCO)OC(=O)c2c(C)cccc2C/C=C/C[C@@H]1C. The number of carbonyl (C=O) groups excluding carboxylic acids is 3. The maximum Gasteiger partial charge on any atom is 0.338 e. The molecule has 0 saturated carbocycles. The van der Waals surface area contributed by atoms with Crippen molar-refractivity contribution in [3.63, 3.8) is 0 Å². The number of ether oxygens (including phenoxy) is 6. The third-order valence-electron chi connectivity index (χ3n) is 9.57. The van der Waals surface area contributed by atoms with Gasteiger partial charge in [-0.2, -0.15) is 0 Å². The summed E-state index contributed by atoms with van der Waals surface area (Å²) in [6, 6.07) is 11.6. The second-order valence-electron chi connectivity index (χ2n) is 13.7. The molecule has 2 aromatic carbocycles. The third kappa shape index (κ3) is 13.4. The van der Waals surface area contributed by atoms with E-state index in [1.54, 1.807) is 14.2 Å². The number of fused-ring (bicyclic) bond motifs is 2. The lowest BCUT2D eigenvalue weighted by Crippen LogP contribution is -2.31. The van der Waals surface area contributed by atoms with Crippen LogP contribution >= 0.6 is 0 Å². The summed E-state index contributed by atoms with van der Waals surface area (Å²) in [6.45, 7) is 8.35. The minimum absolute atomic E-state index is 0.0378. The van der Waals surface area contributed by atoms with Crippen molar-refractivity contribution >= 4 is 18.2 Å². The van der Waals surface area contributed by atoms with E-state index in [-0.39, 0.29) is 62.6 Å². The summed E-state index contributed by atoms with van der Waals surface area (Å²) in [4.78, 5) is 36.7. The number of aliphatic hydroxyl groups excluding tert-OH is 1. The fourth-order valence-corrected chi connectivity index (χ4v) is 6.57. The first kappa shape index (κ1) is 42.7. The summed E-state index contributed by atoms with van der Waals surface area (Å²) < 4.78 is 33.2. The summed E-state index contributed by atoms with van der Waals surface area (Å²) in [6.07, 6.45) is 12.7. The first-order valence-corrected chi connectivity index (χ1v) is 18.3. The van der Waals surface area contributed by atoms with Gasteiger partial charge in [0.15, 0.2) is 0 Å². The average molecular weight is 723 g/mol. The zero-order valence-electron chi connectivity index (χ0n) is 31.7. The number of aldehydes is 1. The van der Waals surface area contributed by atoms with Gasteiger partial charge in [-0.25, -0.2) is 9.59 Å². The maximum atomic E-state index is 12.8. The lowest BCUT2D eigenvalue weighted by Gasteiger charge is -2.28. The topological polar surface area (TPSA) is 127 Å². The second-order valence-corrected chi connectivity index (χ2v) is 13.7. The summed E-state index contributed by atoms with van der Waals surface area (Å²) >= 11 is 0. The fourth-order valence-electron chi connectivity index (χ4n) is 6.57. The van der Waals surface area contributed by atoms with E-state index in [4.69, 9.17) is 28.4 Å². The Morgan fingerprint density at radius 2 is 1.19 bits per heavy atom. The molecule has 52 heavy (non-hydrogen) atoms. The van der Waals surface area contributed by atoms with Crippen molar-refractivity contribution in [1.82, 2.24) is 0 Å². The average Bonchev–Trinajstić information content (AvgIpc) is 3.11. The Balaban J connectivity index is 0.000000280. The molecule has 10 nitrogen and oxygen atoms in total. The van der Waals surface area contributed by atoms with Crippen LogP contribution in [0, 0.1) is 25.7 Å². The Labute approximate surface area is 309 Å². The molecule has 2 heterocycles. The molecule has 0 bridgehead atoms. The van der Waals surface area contributed by atoms with Crippen LogP contribution in [0.15, 0.2) is 60.7 Å². The number of carbonyl (C=O) groups is 3. The third-order valence-corrected chi connectivity index (χ3v) is 9.57. The van der Waals surface area contributed by atoms with Crippen LogP contribution in [0.2, 0.25) is 0 Å². The Kier molecular flexibility index (Phi) is 19.0. The molecule has 0 spiro atoms. The van der Waals surface area contributed by atoms with E-state index in [1.807, 2.05) is 50.2 Å². The predicted octanol–water partition coefficient (Wildman–Crippen LogP) is 7.05. The number of hydrogen-bond donors (Lipinski definition) is 1. The number of methoxy groups -OCH3 is 2. The van der Waals surface area contributed by atoms with Crippen LogP contribution in [0.5, 0.6) is 0 Å². The Morgan fingerprint density at radius 3 is 1.63 bits per heavy atom. The zero-order valence-corrected chi connectivity index (χ0v) is 31.7. The van der Waals surface area contributed by atoms with Gasteiger partial charge in [0.05, 0.1) is 23.3 Å². The lowest BCUT2D eigenvalue weighted by molar-refractivity contribution is -0.114. The zero-order chi connectivity index (χ0) is 37.9. The van der Waals surface area contributed by atoms with E-state index in [9.17, 15) is 19.5 Å². The Morgan fingerprint density at radius 1 is 0.731 bits per heavy atom. The Hall–Kier alpha value is -3.67. The number of cyclic esters (lactones) is 2. The highest BCUT2D eigenvalue weighted by atomic mass is 16.7. The number of esters is 2. The number of hydrogen-bond acceptors (Lipinski definition) is 10. The van der Waals surface area contributed by atoms with Gasteiger partial charge in [-0.3, -0.25) is 0 Å². The van der Waals surface area contributed by atoms with Crippen LogP contribution in [-0.4, -0.2) is 82.2 Å². The largest absolute Gasteiger partial charge is 0.459 e. The molecule has 0 aromatic heterocycles. The molecule has 0 saturated heterocycles. The first-order chi connectivity index (χ1) is 25.1. The summed E-state index contributed by atoms with van der Waals surface area (Å²) in [5, 5.41) is 9.40. The van der Waals surface area contributed by atoms with Gasteiger partial charge < -0.3 is 38.3 Å². The molecule has 0 amide bonds. The van der Waals surface area contributed by atoms with E-state index >= 15 is 0 Å². The van der Waals surface area contributed by atoms with Crippen LogP contribution in [0.25, 0.3) is 0 Å². The molecule has 2 unspecified atom stereocenters. The molecule has 1 N–H and O–H groups in total. The van der Waals surface area contributed by atoms with Crippen molar-refractivity contribution < 1.29 is 47.9 Å². The van der Waals surface area contributed by atoms with Gasteiger partial charge in [-0.1, -0.05) is 74.5 Å². The van der Waals surface area contributed by atoms with Gasteiger partial charge >= 0.3 is 11.9 Å². The lowest BCUT2D eigenvalue weighted by atomic mass is 9.93. The molecular formula is C42H58O10. The Bertz CT molecular complexity index is 1470. The van der Waals surface area contributed by atoms with Gasteiger partial charge in [-0.05, 0) is 73.6 Å². The van der Waals surface area contributed by atoms with Crippen molar-refractivity contribution in [1.29, 1.82) is 0 Å². The maximum absolute atomic E-state index is 12.8. The summed E-state index contributed by atoms with van der Waals surface area (Å²) in [7, 11) is 3.16. The molecule has 10 heteroatoms. The minimum atomic E-state index is -0.514. The van der Waals surface area contributed by atoms with E-state index in [0.717, 1.165) is 41.4 Å². The quantitative estimate of drug-likeness (QED) is 0.118. The second kappa shape index (κ2) is 23.1. The van der Waals surface area contributed by atoms with Gasteiger partial charge in [0, 0.05) is 46.5 Å². The van der Waals surface area contributed by atoms with Crippen LogP contribution in [0.4, 0.5) is 0 Å². The first-order valence-electron chi connectivity index (χ1n) is 18.3. The van der Waals surface area contributed by atoms with Gasteiger partial charge in [-0.15, -0.1) is 0 Å². The molecule has 286 valence electrons. The van der Waals surface area contributed by atoms with E-state index < -0.39 is 12.2 Å². The van der Waals surface area contributed by atoms with E-state index in [1.165, 1.54) is 0 Å². The van der Waals surface area contributed by atoms with Crippen molar-refractivity contribution in [3.8, 4) is 0 Å². The molecular weight excluding hydrogens is 664 g/mol. The molecule has 2 aliphatic heterocycles. The fraction of sp³-hybridized carbons (Fsp3) is 0.548. The van der Waals surface area contributed by atoms with Crippen molar-refractivity contribution in [3.05, 3.63) is 94.1 Å². The highest BCUT2D eigenvalue weighted by Crippen LogP contribution is 2.26. The molecule has 2 aromatic rings. The van der Waals surface area contributed by atoms with Gasteiger partial charge in [0.2, 0.25) is 0 Å². The smallest absolute Gasteiger partial charge is 0.338 e. The summed E-state index contributed by atoms with van der Waals surface area (Å²) in [5.41, 5.74) is 4.91. The van der Waals surface area contributed by atoms with Crippen LogP contribution in [-0.2, 0) is 46.1 Å². The number of rotatable bonds is 10.